The highest BCUT2D eigenvalue weighted by Crippen LogP contribution is 2.16. The molecule has 0 aromatic carbocycles. The van der Waals surface area contributed by atoms with Crippen LogP contribution in [0.5, 0.6) is 0 Å². The van der Waals surface area contributed by atoms with Gasteiger partial charge in [-0.15, -0.1) is 0 Å². The van der Waals surface area contributed by atoms with Crippen molar-refractivity contribution in [3.8, 4) is 0 Å². The molecule has 0 fully saturated rings. The maximum absolute atomic E-state index is 11.9. The van der Waals surface area contributed by atoms with Crippen LogP contribution in [0.3, 0.4) is 0 Å². The second-order valence-corrected chi connectivity index (χ2v) is 8.29. The van der Waals surface area contributed by atoms with Crippen LogP contribution in [-0.2, 0) is 14.3 Å². The van der Waals surface area contributed by atoms with E-state index >= 15 is 0 Å². The molecule has 0 bridgehead atoms. The minimum Gasteiger partial charge on any atom is -0.481 e. The van der Waals surface area contributed by atoms with Gasteiger partial charge in [-0.1, -0.05) is 102 Å². The molecule has 0 rings (SSSR count). The fourth-order valence-corrected chi connectivity index (χ4v) is 3.59. The quantitative estimate of drug-likeness (QED) is 0.111. The molecular weight excluding hydrogens is 376 g/mol. The Morgan fingerprint density at radius 1 is 0.833 bits per heavy atom. The Labute approximate surface area is 185 Å². The van der Waals surface area contributed by atoms with Crippen LogP contribution >= 0.6 is 0 Å². The van der Waals surface area contributed by atoms with Gasteiger partial charge in [-0.3, -0.25) is 9.59 Å². The molecule has 1 N–H and O–H groups in total. The van der Waals surface area contributed by atoms with Gasteiger partial charge in [0, 0.05) is 0 Å². The number of unbranched alkanes of at least 4 members (excludes halogenated alkanes) is 13. The Morgan fingerprint density at radius 3 is 1.83 bits per heavy atom. The zero-order valence-corrected chi connectivity index (χ0v) is 19.4. The summed E-state index contributed by atoms with van der Waals surface area (Å²) in [6.45, 7) is 5.90. The van der Waals surface area contributed by atoms with Gasteiger partial charge in [-0.05, 0) is 32.1 Å². The highest BCUT2D eigenvalue weighted by Gasteiger charge is 2.22. The van der Waals surface area contributed by atoms with E-state index in [0.717, 1.165) is 19.3 Å². The van der Waals surface area contributed by atoms with Gasteiger partial charge in [-0.2, -0.15) is 0 Å². The number of rotatable bonds is 22. The summed E-state index contributed by atoms with van der Waals surface area (Å²) in [7, 11) is 0. The van der Waals surface area contributed by atoms with Crippen LogP contribution < -0.4 is 0 Å². The van der Waals surface area contributed by atoms with Crippen LogP contribution in [0.1, 0.15) is 116 Å². The van der Waals surface area contributed by atoms with Gasteiger partial charge in [0.2, 0.25) is 0 Å². The highest BCUT2D eigenvalue weighted by molar-refractivity contribution is 5.79. The molecule has 1 atom stereocenters. The summed E-state index contributed by atoms with van der Waals surface area (Å²) in [4.78, 5) is 22.8. The lowest BCUT2D eigenvalue weighted by Gasteiger charge is -2.12. The van der Waals surface area contributed by atoms with Crippen molar-refractivity contribution in [1.29, 1.82) is 0 Å². The van der Waals surface area contributed by atoms with Crippen LogP contribution in [-0.4, -0.2) is 23.7 Å². The number of carbonyl (C=O) groups is 2. The van der Waals surface area contributed by atoms with Gasteiger partial charge in [0.1, 0.15) is 6.61 Å². The van der Waals surface area contributed by atoms with E-state index in [-0.39, 0.29) is 13.0 Å². The third-order valence-electron chi connectivity index (χ3n) is 5.41. The minimum atomic E-state index is -0.960. The van der Waals surface area contributed by atoms with Gasteiger partial charge in [-0.25, -0.2) is 0 Å². The number of hydrogen-bond donors (Lipinski definition) is 1. The minimum absolute atomic E-state index is 0.133. The molecule has 0 aliphatic carbocycles. The van der Waals surface area contributed by atoms with Crippen LogP contribution in [0.4, 0.5) is 0 Å². The first-order valence-electron chi connectivity index (χ1n) is 12.3. The first-order valence-corrected chi connectivity index (χ1v) is 12.3. The normalized spacial score (nSPS) is 12.2. The lowest BCUT2D eigenvalue weighted by Crippen LogP contribution is -2.21. The lowest BCUT2D eigenvalue weighted by atomic mass is 9.98. The van der Waals surface area contributed by atoms with Crippen LogP contribution in [0.2, 0.25) is 0 Å². The molecule has 0 heterocycles. The molecule has 0 aromatic heterocycles. The molecule has 4 nitrogen and oxygen atoms in total. The average Bonchev–Trinajstić information content (AvgIpc) is 2.73. The first kappa shape index (κ1) is 28.4. The summed E-state index contributed by atoms with van der Waals surface area (Å²) in [5.41, 5.74) is 0. The highest BCUT2D eigenvalue weighted by atomic mass is 16.5. The number of ether oxygens (including phenoxy) is 1. The standard InChI is InChI=1S/C26H46O4/c1-3-5-6-7-8-9-10-11-12-13-14-15-16-17-18-19-20-21-24(23-25(27)28)26(29)30-22-4-2/h4,17-18,24H,2-3,5-16,19-23H2,1H3,(H,27,28)/b18-17+. The molecule has 0 radical (unpaired) electrons. The molecule has 174 valence electrons. The van der Waals surface area contributed by atoms with Gasteiger partial charge in [0.05, 0.1) is 12.3 Å². The van der Waals surface area contributed by atoms with Crippen molar-refractivity contribution in [1.82, 2.24) is 0 Å². The Hall–Kier alpha value is -1.58. The average molecular weight is 423 g/mol. The van der Waals surface area contributed by atoms with Crippen LogP contribution in [0.15, 0.2) is 24.8 Å². The van der Waals surface area contributed by atoms with Crippen molar-refractivity contribution in [2.75, 3.05) is 6.61 Å². The molecule has 0 aliphatic heterocycles. The summed E-state index contributed by atoms with van der Waals surface area (Å²) < 4.78 is 5.00. The van der Waals surface area contributed by atoms with Gasteiger partial charge >= 0.3 is 11.9 Å². The van der Waals surface area contributed by atoms with Crippen molar-refractivity contribution in [2.45, 2.75) is 116 Å². The summed E-state index contributed by atoms with van der Waals surface area (Å²) in [6, 6.07) is 0. The molecule has 0 aromatic rings. The van der Waals surface area contributed by atoms with E-state index in [1.54, 1.807) is 0 Å². The van der Waals surface area contributed by atoms with Crippen molar-refractivity contribution in [3.05, 3.63) is 24.8 Å². The van der Waals surface area contributed by atoms with Crippen molar-refractivity contribution in [2.24, 2.45) is 5.92 Å². The van der Waals surface area contributed by atoms with E-state index in [4.69, 9.17) is 9.84 Å². The zero-order chi connectivity index (χ0) is 22.3. The number of carboxylic acid groups (broad SMARTS) is 1. The van der Waals surface area contributed by atoms with E-state index < -0.39 is 17.9 Å². The zero-order valence-electron chi connectivity index (χ0n) is 19.4. The molecule has 1 unspecified atom stereocenters. The summed E-state index contributed by atoms with van der Waals surface area (Å²) in [6.07, 6.45) is 25.4. The summed E-state index contributed by atoms with van der Waals surface area (Å²) in [5, 5.41) is 8.96. The van der Waals surface area contributed by atoms with E-state index in [1.165, 1.54) is 83.1 Å². The second kappa shape index (κ2) is 22.1. The number of hydrogen-bond acceptors (Lipinski definition) is 3. The lowest BCUT2D eigenvalue weighted by molar-refractivity contribution is -0.152. The number of carbonyl (C=O) groups excluding carboxylic acids is 1. The topological polar surface area (TPSA) is 63.6 Å². The Morgan fingerprint density at radius 2 is 1.33 bits per heavy atom. The van der Waals surface area contributed by atoms with Gasteiger partial charge < -0.3 is 9.84 Å². The monoisotopic (exact) mass is 422 g/mol. The van der Waals surface area contributed by atoms with E-state index in [9.17, 15) is 9.59 Å². The maximum Gasteiger partial charge on any atom is 0.309 e. The summed E-state index contributed by atoms with van der Waals surface area (Å²) >= 11 is 0. The van der Waals surface area contributed by atoms with Crippen molar-refractivity contribution < 1.29 is 19.4 Å². The largest absolute Gasteiger partial charge is 0.481 e. The van der Waals surface area contributed by atoms with Gasteiger partial charge in [0.15, 0.2) is 0 Å². The number of carboxylic acids is 1. The molecule has 0 aliphatic rings. The SMILES string of the molecule is C=CCOC(=O)C(CCC/C=C/CCCCCCCCCCCCCC)CC(=O)O. The fraction of sp³-hybridized carbons (Fsp3) is 0.769. The third-order valence-corrected chi connectivity index (χ3v) is 5.41. The molecule has 0 saturated carbocycles. The second-order valence-electron chi connectivity index (χ2n) is 8.29. The number of esters is 1. The fourth-order valence-electron chi connectivity index (χ4n) is 3.59. The molecular formula is C26H46O4. The van der Waals surface area contributed by atoms with E-state index in [1.807, 2.05) is 0 Å². The molecule has 30 heavy (non-hydrogen) atoms. The Balaban J connectivity index is 3.57. The molecule has 0 saturated heterocycles. The Bertz CT molecular complexity index is 456. The first-order chi connectivity index (χ1) is 14.6. The smallest absolute Gasteiger partial charge is 0.309 e. The van der Waals surface area contributed by atoms with Crippen molar-refractivity contribution >= 4 is 11.9 Å². The number of allylic oxidation sites excluding steroid dienone is 2. The van der Waals surface area contributed by atoms with E-state index in [0.29, 0.717) is 6.42 Å². The van der Waals surface area contributed by atoms with Crippen molar-refractivity contribution in [3.63, 3.8) is 0 Å². The van der Waals surface area contributed by atoms with Gasteiger partial charge in [0.25, 0.3) is 0 Å². The third kappa shape index (κ3) is 19.7. The maximum atomic E-state index is 11.9. The van der Waals surface area contributed by atoms with E-state index in [2.05, 4.69) is 25.7 Å². The van der Waals surface area contributed by atoms with Crippen LogP contribution in [0.25, 0.3) is 0 Å². The predicted molar refractivity (Wildman–Crippen MR) is 126 cm³/mol. The molecule has 4 heteroatoms. The van der Waals surface area contributed by atoms with Crippen LogP contribution in [0, 0.1) is 5.92 Å². The predicted octanol–water partition coefficient (Wildman–Crippen LogP) is 7.62. The molecule has 0 spiro atoms. The Kier molecular flexibility index (Phi) is 20.9. The summed E-state index contributed by atoms with van der Waals surface area (Å²) in [5.74, 6) is -1.96. The molecule has 0 amide bonds. The number of aliphatic carboxylic acids is 1.